The van der Waals surface area contributed by atoms with Crippen LogP contribution in [0.3, 0.4) is 0 Å². The minimum Gasteiger partial charge on any atom is -0.462 e. The molecule has 1 aliphatic heterocycles. The fourth-order valence-electron chi connectivity index (χ4n) is 3.25. The van der Waals surface area contributed by atoms with Gasteiger partial charge in [-0.2, -0.15) is 15.1 Å². The van der Waals surface area contributed by atoms with E-state index in [9.17, 15) is 0 Å². The van der Waals surface area contributed by atoms with Gasteiger partial charge in [0, 0.05) is 48.4 Å². The van der Waals surface area contributed by atoms with E-state index in [4.69, 9.17) is 9.47 Å². The van der Waals surface area contributed by atoms with Crippen LogP contribution >= 0.6 is 0 Å². The van der Waals surface area contributed by atoms with Gasteiger partial charge in [0.05, 0.1) is 19.4 Å². The summed E-state index contributed by atoms with van der Waals surface area (Å²) in [4.78, 5) is 14.4. The number of allylic oxidation sites excluding steroid dienone is 1. The van der Waals surface area contributed by atoms with Crippen molar-refractivity contribution in [1.82, 2.24) is 19.9 Å². The molecule has 4 rings (SSSR count). The summed E-state index contributed by atoms with van der Waals surface area (Å²) in [7, 11) is 0. The zero-order valence-corrected chi connectivity index (χ0v) is 17.5. The average Bonchev–Trinajstić information content (AvgIpc) is 3.22. The second-order valence-corrected chi connectivity index (χ2v) is 7.03. The van der Waals surface area contributed by atoms with Crippen LogP contribution in [0.5, 0.6) is 6.01 Å². The number of hydrogen-bond acceptors (Lipinski definition) is 8. The van der Waals surface area contributed by atoms with Crippen molar-refractivity contribution < 1.29 is 9.47 Å². The van der Waals surface area contributed by atoms with E-state index in [1.807, 2.05) is 37.4 Å². The number of aromatic amines is 1. The van der Waals surface area contributed by atoms with Crippen molar-refractivity contribution in [3.05, 3.63) is 54.4 Å². The molecule has 31 heavy (non-hydrogen) atoms. The number of anilines is 2. The normalized spacial score (nSPS) is 15.1. The van der Waals surface area contributed by atoms with Crippen LogP contribution in [0.2, 0.25) is 0 Å². The first-order valence-electron chi connectivity index (χ1n) is 10.4. The van der Waals surface area contributed by atoms with E-state index in [2.05, 4.69) is 41.8 Å². The molecule has 162 valence electrons. The summed E-state index contributed by atoms with van der Waals surface area (Å²) in [5, 5.41) is 8.56. The van der Waals surface area contributed by atoms with Gasteiger partial charge in [-0.25, -0.2) is 0 Å². The monoisotopic (exact) mass is 421 g/mol. The molecule has 1 aliphatic rings. The number of hydrogen-bond donors (Lipinski definition) is 3. The molecule has 0 aliphatic carbocycles. The first-order chi connectivity index (χ1) is 15.3. The molecule has 1 saturated heterocycles. The Morgan fingerprint density at radius 1 is 1.23 bits per heavy atom. The summed E-state index contributed by atoms with van der Waals surface area (Å²) >= 11 is 0. The van der Waals surface area contributed by atoms with Gasteiger partial charge < -0.3 is 19.8 Å². The molecule has 0 amide bonds. The molecular weight excluding hydrogens is 394 g/mol. The standard InChI is InChI=1S/C22H27N7O2/c1-2-7-23-20-14-21(27-22(26-20)31-13-10-29-8-11-30-12-9-29)28-25-16-17-15-24-19-6-4-3-5-18(17)19/h2-7,14-16,24H,8-13H2,1H3,(H2,23,26,27,28)/b7-2-,25-16+. The highest BCUT2D eigenvalue weighted by Crippen LogP contribution is 2.18. The Kier molecular flexibility index (Phi) is 7.09. The Bertz CT molecular complexity index is 1040. The van der Waals surface area contributed by atoms with Crippen molar-refractivity contribution in [2.24, 2.45) is 5.10 Å². The number of nitrogens with one attached hydrogen (secondary N) is 3. The second-order valence-electron chi connectivity index (χ2n) is 7.03. The van der Waals surface area contributed by atoms with Crippen LogP contribution in [0.4, 0.5) is 11.6 Å². The van der Waals surface area contributed by atoms with Gasteiger partial charge in [0.1, 0.15) is 12.4 Å². The molecule has 1 aromatic carbocycles. The summed E-state index contributed by atoms with van der Waals surface area (Å²) in [6.45, 7) is 6.61. The van der Waals surface area contributed by atoms with Gasteiger partial charge in [-0.1, -0.05) is 24.3 Å². The molecule has 1 fully saturated rings. The number of H-pyrrole nitrogens is 1. The lowest BCUT2D eigenvalue weighted by atomic mass is 10.2. The molecular formula is C22H27N7O2. The van der Waals surface area contributed by atoms with Gasteiger partial charge in [-0.15, -0.1) is 0 Å². The van der Waals surface area contributed by atoms with Crippen molar-refractivity contribution in [2.45, 2.75) is 6.92 Å². The number of nitrogens with zero attached hydrogens (tertiary/aromatic N) is 4. The van der Waals surface area contributed by atoms with Crippen molar-refractivity contribution in [1.29, 1.82) is 0 Å². The average molecular weight is 422 g/mol. The number of fused-ring (bicyclic) bond motifs is 1. The summed E-state index contributed by atoms with van der Waals surface area (Å²) in [6, 6.07) is 10.2. The van der Waals surface area contributed by atoms with Crippen LogP contribution in [0, 0.1) is 0 Å². The van der Waals surface area contributed by atoms with Crippen molar-refractivity contribution in [2.75, 3.05) is 50.2 Å². The van der Waals surface area contributed by atoms with Gasteiger partial charge in [0.15, 0.2) is 5.82 Å². The molecule has 9 heteroatoms. The maximum atomic E-state index is 5.81. The molecule has 0 saturated carbocycles. The Balaban J connectivity index is 1.42. The Morgan fingerprint density at radius 3 is 2.94 bits per heavy atom. The Morgan fingerprint density at radius 2 is 2.06 bits per heavy atom. The highest BCUT2D eigenvalue weighted by molar-refractivity contribution is 5.99. The van der Waals surface area contributed by atoms with Crippen LogP contribution in [-0.4, -0.2) is 65.5 Å². The largest absolute Gasteiger partial charge is 0.462 e. The van der Waals surface area contributed by atoms with E-state index in [1.54, 1.807) is 18.5 Å². The summed E-state index contributed by atoms with van der Waals surface area (Å²) in [6.07, 6.45) is 7.39. The minimum absolute atomic E-state index is 0.299. The lowest BCUT2D eigenvalue weighted by Gasteiger charge is -2.26. The van der Waals surface area contributed by atoms with E-state index in [0.717, 1.165) is 49.3 Å². The first-order valence-corrected chi connectivity index (χ1v) is 10.4. The molecule has 0 radical (unpaired) electrons. The van der Waals surface area contributed by atoms with Crippen molar-refractivity contribution in [3.8, 4) is 6.01 Å². The zero-order valence-electron chi connectivity index (χ0n) is 17.5. The number of rotatable bonds is 9. The maximum Gasteiger partial charge on any atom is 0.320 e. The number of aromatic nitrogens is 3. The fraction of sp³-hybridized carbons (Fsp3) is 0.318. The van der Waals surface area contributed by atoms with Gasteiger partial charge in [-0.3, -0.25) is 10.3 Å². The molecule has 9 nitrogen and oxygen atoms in total. The van der Waals surface area contributed by atoms with Crippen LogP contribution in [0.1, 0.15) is 12.5 Å². The third kappa shape index (κ3) is 5.80. The van der Waals surface area contributed by atoms with Crippen LogP contribution in [0.25, 0.3) is 10.9 Å². The maximum absolute atomic E-state index is 5.81. The molecule has 0 bridgehead atoms. The molecule has 3 N–H and O–H groups in total. The van der Waals surface area contributed by atoms with Gasteiger partial charge in [-0.05, 0) is 19.2 Å². The predicted octanol–water partition coefficient (Wildman–Crippen LogP) is 3.06. The zero-order chi connectivity index (χ0) is 21.3. The SMILES string of the molecule is C/C=C\Nc1cc(N/N=C/c2c[nH]c3ccccc23)nc(OCCN2CCOCC2)n1. The number of hydrazone groups is 1. The van der Waals surface area contributed by atoms with E-state index >= 15 is 0 Å². The number of ether oxygens (including phenoxy) is 2. The minimum atomic E-state index is 0.299. The molecule has 0 unspecified atom stereocenters. The molecule has 3 heterocycles. The topological polar surface area (TPSA) is 99.7 Å². The number of benzene rings is 1. The molecule has 3 aromatic rings. The summed E-state index contributed by atoms with van der Waals surface area (Å²) in [5.74, 6) is 1.17. The predicted molar refractivity (Wildman–Crippen MR) is 123 cm³/mol. The van der Waals surface area contributed by atoms with Crippen molar-refractivity contribution >= 4 is 28.8 Å². The number of morpholine rings is 1. The van der Waals surface area contributed by atoms with Crippen LogP contribution in [-0.2, 0) is 4.74 Å². The van der Waals surface area contributed by atoms with E-state index in [0.29, 0.717) is 24.3 Å². The molecule has 0 atom stereocenters. The van der Waals surface area contributed by atoms with E-state index in [1.165, 1.54) is 0 Å². The lowest BCUT2D eigenvalue weighted by Crippen LogP contribution is -2.38. The molecule has 0 spiro atoms. The smallest absolute Gasteiger partial charge is 0.320 e. The highest BCUT2D eigenvalue weighted by Gasteiger charge is 2.11. The van der Waals surface area contributed by atoms with Gasteiger partial charge in [0.2, 0.25) is 0 Å². The number of para-hydroxylation sites is 1. The van der Waals surface area contributed by atoms with E-state index < -0.39 is 0 Å². The van der Waals surface area contributed by atoms with Crippen LogP contribution < -0.4 is 15.5 Å². The summed E-state index contributed by atoms with van der Waals surface area (Å²) in [5.41, 5.74) is 5.04. The van der Waals surface area contributed by atoms with Crippen molar-refractivity contribution in [3.63, 3.8) is 0 Å². The quantitative estimate of drug-likeness (QED) is 0.361. The highest BCUT2D eigenvalue weighted by atomic mass is 16.5. The lowest BCUT2D eigenvalue weighted by molar-refractivity contribution is 0.0317. The Hall–Kier alpha value is -3.43. The van der Waals surface area contributed by atoms with Gasteiger partial charge >= 0.3 is 6.01 Å². The van der Waals surface area contributed by atoms with Gasteiger partial charge in [0.25, 0.3) is 0 Å². The van der Waals surface area contributed by atoms with E-state index in [-0.39, 0.29) is 0 Å². The first kappa shape index (κ1) is 20.8. The Labute approximate surface area is 181 Å². The second kappa shape index (κ2) is 10.6. The third-order valence-electron chi connectivity index (χ3n) is 4.85. The van der Waals surface area contributed by atoms with Crippen LogP contribution in [0.15, 0.2) is 53.9 Å². The summed E-state index contributed by atoms with van der Waals surface area (Å²) < 4.78 is 11.2. The third-order valence-corrected chi connectivity index (χ3v) is 4.85. The molecule has 2 aromatic heterocycles. The fourth-order valence-corrected chi connectivity index (χ4v) is 3.25.